The van der Waals surface area contributed by atoms with Gasteiger partial charge in [-0.3, -0.25) is 4.79 Å². The second-order valence-corrected chi connectivity index (χ2v) is 2.44. The summed E-state index contributed by atoms with van der Waals surface area (Å²) < 4.78 is 4.42. The predicted molar refractivity (Wildman–Crippen MR) is 46.7 cm³/mol. The molecule has 0 aliphatic heterocycles. The highest BCUT2D eigenvalue weighted by molar-refractivity contribution is 6.04. The molecule has 0 spiro atoms. The monoisotopic (exact) mass is 184 g/mol. The number of esters is 1. The quantitative estimate of drug-likeness (QED) is 0.394. The number of ether oxygens (including phenoxy) is 1. The lowest BCUT2D eigenvalue weighted by atomic mass is 10.2. The summed E-state index contributed by atoms with van der Waals surface area (Å²) >= 11 is 0. The minimum absolute atomic E-state index is 0.130. The Morgan fingerprint density at radius 1 is 1.54 bits per heavy atom. The number of hydrogen-bond acceptors (Lipinski definition) is 4. The Balaban J connectivity index is 4.33. The molecule has 0 amide bonds. The molecule has 0 aromatic carbocycles. The minimum Gasteiger partial charge on any atom is -0.433 e. The minimum atomic E-state index is -1.17. The van der Waals surface area contributed by atoms with Gasteiger partial charge in [-0.05, 0) is 26.0 Å². The van der Waals surface area contributed by atoms with E-state index in [0.29, 0.717) is 0 Å². The first-order valence-corrected chi connectivity index (χ1v) is 3.71. The number of aliphatic hydroxyl groups is 1. The van der Waals surface area contributed by atoms with E-state index in [4.69, 9.17) is 5.11 Å². The van der Waals surface area contributed by atoms with Gasteiger partial charge in [-0.25, -0.2) is 4.79 Å². The molecule has 72 valence electrons. The van der Waals surface area contributed by atoms with E-state index in [9.17, 15) is 9.59 Å². The zero-order chi connectivity index (χ0) is 10.4. The first-order chi connectivity index (χ1) is 5.97. The van der Waals surface area contributed by atoms with E-state index in [1.807, 2.05) is 0 Å². The van der Waals surface area contributed by atoms with Crippen LogP contribution in [0.15, 0.2) is 24.3 Å². The van der Waals surface area contributed by atoms with Gasteiger partial charge >= 0.3 is 5.97 Å². The van der Waals surface area contributed by atoms with Gasteiger partial charge in [0.25, 0.3) is 0 Å². The largest absolute Gasteiger partial charge is 0.433 e. The van der Waals surface area contributed by atoms with Crippen molar-refractivity contribution in [2.45, 2.75) is 20.1 Å². The molecule has 0 aromatic rings. The second kappa shape index (κ2) is 5.27. The predicted octanol–water partition coefficient (Wildman–Crippen LogP) is 0.569. The summed E-state index contributed by atoms with van der Waals surface area (Å²) in [6, 6.07) is 0. The lowest BCUT2D eigenvalue weighted by Gasteiger charge is -2.05. The van der Waals surface area contributed by atoms with Crippen LogP contribution in [0.5, 0.6) is 0 Å². The van der Waals surface area contributed by atoms with Gasteiger partial charge in [0.2, 0.25) is 0 Å². The number of carbonyl (C=O) groups is 2. The van der Waals surface area contributed by atoms with Crippen LogP contribution in [0, 0.1) is 0 Å². The summed E-state index contributed by atoms with van der Waals surface area (Å²) in [6.45, 7) is 5.97. The first-order valence-electron chi connectivity index (χ1n) is 3.71. The fraction of sp³-hybridized carbons (Fsp3) is 0.333. The molecule has 0 aliphatic rings. The average molecular weight is 184 g/mol. The Morgan fingerprint density at radius 2 is 2.08 bits per heavy atom. The van der Waals surface area contributed by atoms with Crippen LogP contribution in [0.4, 0.5) is 0 Å². The van der Waals surface area contributed by atoms with Gasteiger partial charge in [0, 0.05) is 5.57 Å². The Bertz CT molecular complexity index is 250. The van der Waals surface area contributed by atoms with Crippen LogP contribution in [-0.2, 0) is 14.3 Å². The third-order valence-electron chi connectivity index (χ3n) is 1.16. The summed E-state index contributed by atoms with van der Waals surface area (Å²) in [5, 5.41) is 8.69. The van der Waals surface area contributed by atoms with Crippen molar-refractivity contribution < 1.29 is 19.4 Å². The van der Waals surface area contributed by atoms with Gasteiger partial charge in [0.15, 0.2) is 12.1 Å². The molecule has 0 aliphatic carbocycles. The normalized spacial score (nSPS) is 13.3. The number of allylic oxidation sites excluding steroid dienone is 2. The number of hydrogen-bond donors (Lipinski definition) is 1. The highest BCUT2D eigenvalue weighted by atomic mass is 16.6. The maximum Gasteiger partial charge on any atom is 0.336 e. The van der Waals surface area contributed by atoms with E-state index in [1.54, 1.807) is 0 Å². The van der Waals surface area contributed by atoms with Crippen molar-refractivity contribution >= 4 is 11.8 Å². The summed E-state index contributed by atoms with van der Waals surface area (Å²) in [6.07, 6.45) is 1.01. The standard InChI is InChI=1S/C9H12O4/c1-4-8(11)5-6(2)9(12)13-7(3)10/h4-5,7,10H,1H2,2-3H3. The maximum absolute atomic E-state index is 11.0. The highest BCUT2D eigenvalue weighted by Gasteiger charge is 2.09. The lowest BCUT2D eigenvalue weighted by Crippen LogP contribution is -2.15. The number of carbonyl (C=O) groups excluding carboxylic acids is 2. The SMILES string of the molecule is C=CC(=O)C=C(C)C(=O)OC(C)O. The van der Waals surface area contributed by atoms with E-state index in [2.05, 4.69) is 11.3 Å². The molecule has 0 aromatic heterocycles. The molecule has 13 heavy (non-hydrogen) atoms. The molecule has 0 rings (SSSR count). The highest BCUT2D eigenvalue weighted by Crippen LogP contribution is 1.99. The summed E-state index contributed by atoms with van der Waals surface area (Å²) in [4.78, 5) is 21.7. The van der Waals surface area contributed by atoms with Gasteiger partial charge in [0.05, 0.1) is 0 Å². The van der Waals surface area contributed by atoms with Gasteiger partial charge < -0.3 is 9.84 Å². The van der Waals surface area contributed by atoms with Crippen molar-refractivity contribution in [3.63, 3.8) is 0 Å². The number of rotatable bonds is 4. The van der Waals surface area contributed by atoms with E-state index < -0.39 is 12.3 Å². The van der Waals surface area contributed by atoms with Gasteiger partial charge in [-0.2, -0.15) is 0 Å². The zero-order valence-corrected chi connectivity index (χ0v) is 7.61. The fourth-order valence-corrected chi connectivity index (χ4v) is 0.579. The molecule has 4 heteroatoms. The Labute approximate surface area is 76.5 Å². The van der Waals surface area contributed by atoms with Crippen molar-refractivity contribution in [2.75, 3.05) is 0 Å². The molecule has 1 N–H and O–H groups in total. The molecular formula is C9H12O4. The van der Waals surface area contributed by atoms with Crippen LogP contribution in [-0.4, -0.2) is 23.1 Å². The first kappa shape index (κ1) is 11.6. The van der Waals surface area contributed by atoms with Crippen molar-refractivity contribution in [1.82, 2.24) is 0 Å². The van der Waals surface area contributed by atoms with Crippen LogP contribution in [0.3, 0.4) is 0 Å². The van der Waals surface area contributed by atoms with Crippen LogP contribution >= 0.6 is 0 Å². The Hall–Kier alpha value is -1.42. The molecule has 0 saturated heterocycles. The molecule has 0 saturated carbocycles. The van der Waals surface area contributed by atoms with E-state index in [1.165, 1.54) is 13.8 Å². The summed E-state index contributed by atoms with van der Waals surface area (Å²) in [7, 11) is 0. The van der Waals surface area contributed by atoms with Crippen molar-refractivity contribution in [3.05, 3.63) is 24.3 Å². The van der Waals surface area contributed by atoms with Gasteiger partial charge in [-0.1, -0.05) is 6.58 Å². The summed E-state index contributed by atoms with van der Waals surface area (Å²) in [5.41, 5.74) is 0.130. The average Bonchev–Trinajstić information content (AvgIpc) is 2.02. The van der Waals surface area contributed by atoms with Crippen LogP contribution in [0.2, 0.25) is 0 Å². The Morgan fingerprint density at radius 3 is 2.46 bits per heavy atom. The van der Waals surface area contributed by atoms with E-state index in [0.717, 1.165) is 12.2 Å². The number of aliphatic hydroxyl groups excluding tert-OH is 1. The third-order valence-corrected chi connectivity index (χ3v) is 1.16. The van der Waals surface area contributed by atoms with Crippen molar-refractivity contribution in [3.8, 4) is 0 Å². The maximum atomic E-state index is 11.0. The van der Waals surface area contributed by atoms with E-state index >= 15 is 0 Å². The van der Waals surface area contributed by atoms with Crippen LogP contribution in [0.1, 0.15) is 13.8 Å². The van der Waals surface area contributed by atoms with Crippen molar-refractivity contribution in [1.29, 1.82) is 0 Å². The van der Waals surface area contributed by atoms with Crippen LogP contribution in [0.25, 0.3) is 0 Å². The van der Waals surface area contributed by atoms with Gasteiger partial charge in [0.1, 0.15) is 0 Å². The third kappa shape index (κ3) is 4.92. The molecule has 1 unspecified atom stereocenters. The zero-order valence-electron chi connectivity index (χ0n) is 7.61. The van der Waals surface area contributed by atoms with Crippen molar-refractivity contribution in [2.24, 2.45) is 0 Å². The van der Waals surface area contributed by atoms with Crippen LogP contribution < -0.4 is 0 Å². The summed E-state index contributed by atoms with van der Waals surface area (Å²) in [5.74, 6) is -1.09. The molecule has 0 bridgehead atoms. The topological polar surface area (TPSA) is 63.6 Å². The van der Waals surface area contributed by atoms with Gasteiger partial charge in [-0.15, -0.1) is 0 Å². The number of ketones is 1. The fourth-order valence-electron chi connectivity index (χ4n) is 0.579. The molecule has 4 nitrogen and oxygen atoms in total. The molecular weight excluding hydrogens is 172 g/mol. The molecule has 0 fully saturated rings. The lowest BCUT2D eigenvalue weighted by molar-refractivity contribution is -0.159. The second-order valence-electron chi connectivity index (χ2n) is 2.44. The molecule has 0 radical (unpaired) electrons. The molecule has 0 heterocycles. The smallest absolute Gasteiger partial charge is 0.336 e. The molecule has 1 atom stereocenters. The Kier molecular flexibility index (Phi) is 4.69. The van der Waals surface area contributed by atoms with E-state index in [-0.39, 0.29) is 11.4 Å².